The third-order valence-corrected chi connectivity index (χ3v) is 5.70. The van der Waals surface area contributed by atoms with Crippen LogP contribution in [0.4, 0.5) is 0 Å². The van der Waals surface area contributed by atoms with Crippen LogP contribution in [0.25, 0.3) is 0 Å². The van der Waals surface area contributed by atoms with Gasteiger partial charge in [-0.25, -0.2) is 4.58 Å². The van der Waals surface area contributed by atoms with Crippen LogP contribution in [-0.4, -0.2) is 40.3 Å². The number of carbonyl (C=O) groups is 1. The van der Waals surface area contributed by atoms with E-state index in [0.717, 1.165) is 12.8 Å². The molecule has 2 atom stereocenters. The number of amides is 1. The quantitative estimate of drug-likeness (QED) is 0.746. The first-order chi connectivity index (χ1) is 12.4. The molecule has 26 heavy (non-hydrogen) atoms. The zero-order chi connectivity index (χ0) is 18.7. The van der Waals surface area contributed by atoms with Crippen molar-refractivity contribution >= 4 is 12.1 Å². The van der Waals surface area contributed by atoms with Gasteiger partial charge in [0, 0.05) is 33.7 Å². The molecule has 1 heterocycles. The Hall–Kier alpha value is -2.42. The molecule has 0 saturated carbocycles. The third kappa shape index (κ3) is 3.57. The third-order valence-electron chi connectivity index (χ3n) is 5.70. The van der Waals surface area contributed by atoms with Gasteiger partial charge in [0.15, 0.2) is 0 Å². The smallest absolute Gasteiger partial charge is 0.280 e. The molecular formula is C23H29N2O+. The van der Waals surface area contributed by atoms with Crippen LogP contribution in [-0.2, 0) is 11.2 Å². The molecule has 1 amide bonds. The van der Waals surface area contributed by atoms with Gasteiger partial charge < -0.3 is 0 Å². The van der Waals surface area contributed by atoms with Crippen LogP contribution in [0.1, 0.15) is 44.2 Å². The Morgan fingerprint density at radius 2 is 1.65 bits per heavy atom. The molecule has 2 aromatic carbocycles. The lowest BCUT2D eigenvalue weighted by atomic mass is 9.98. The highest BCUT2D eigenvalue weighted by molar-refractivity contribution is 5.83. The molecule has 2 aromatic rings. The normalized spacial score (nSPS) is 22.0. The maximum absolute atomic E-state index is 12.9. The summed E-state index contributed by atoms with van der Waals surface area (Å²) in [5, 5.41) is 0. The van der Waals surface area contributed by atoms with E-state index < -0.39 is 0 Å². The van der Waals surface area contributed by atoms with Crippen molar-refractivity contribution in [2.24, 2.45) is 0 Å². The molecule has 0 N–H and O–H groups in total. The predicted molar refractivity (Wildman–Crippen MR) is 107 cm³/mol. The fourth-order valence-corrected chi connectivity index (χ4v) is 3.73. The Bertz CT molecular complexity index is 780. The van der Waals surface area contributed by atoms with Crippen molar-refractivity contribution < 1.29 is 9.37 Å². The monoisotopic (exact) mass is 349 g/mol. The van der Waals surface area contributed by atoms with Crippen LogP contribution in [0.15, 0.2) is 60.7 Å². The second kappa shape index (κ2) is 7.45. The van der Waals surface area contributed by atoms with Crippen molar-refractivity contribution in [3.63, 3.8) is 0 Å². The lowest BCUT2D eigenvalue weighted by Gasteiger charge is -2.23. The van der Waals surface area contributed by atoms with Crippen molar-refractivity contribution in [3.8, 4) is 0 Å². The van der Waals surface area contributed by atoms with Crippen LogP contribution >= 0.6 is 0 Å². The second-order valence-corrected chi connectivity index (χ2v) is 7.73. The van der Waals surface area contributed by atoms with Gasteiger partial charge in [-0.05, 0) is 17.0 Å². The lowest BCUT2D eigenvalue weighted by molar-refractivity contribution is -0.617. The minimum atomic E-state index is -0.313. The van der Waals surface area contributed by atoms with Crippen LogP contribution in [0.3, 0.4) is 0 Å². The summed E-state index contributed by atoms with van der Waals surface area (Å²) in [5.74, 6) is 0.618. The summed E-state index contributed by atoms with van der Waals surface area (Å²) in [6.45, 7) is 6.49. The predicted octanol–water partition coefficient (Wildman–Crippen LogP) is 4.08. The van der Waals surface area contributed by atoms with Gasteiger partial charge in [0.25, 0.3) is 5.91 Å². The maximum atomic E-state index is 12.9. The largest absolute Gasteiger partial charge is 0.296 e. The summed E-state index contributed by atoms with van der Waals surface area (Å²) >= 11 is 0. The molecule has 0 aromatic heterocycles. The average molecular weight is 349 g/mol. The fourth-order valence-electron chi connectivity index (χ4n) is 3.73. The fraction of sp³-hybridized carbons (Fsp3) is 0.391. The molecule has 0 spiro atoms. The van der Waals surface area contributed by atoms with E-state index in [-0.39, 0.29) is 17.6 Å². The minimum Gasteiger partial charge on any atom is -0.280 e. The molecule has 0 unspecified atom stereocenters. The van der Waals surface area contributed by atoms with E-state index >= 15 is 0 Å². The van der Waals surface area contributed by atoms with Gasteiger partial charge in [0.05, 0.1) is 0 Å². The first-order valence-electron chi connectivity index (χ1n) is 9.39. The number of carbonyl (C=O) groups excluding carboxylic acids is 1. The molecule has 3 heteroatoms. The number of hydrogen-bond acceptors (Lipinski definition) is 1. The molecule has 1 saturated heterocycles. The molecule has 0 radical (unpaired) electrons. The van der Waals surface area contributed by atoms with Crippen molar-refractivity contribution in [2.45, 2.75) is 51.2 Å². The molecular weight excluding hydrogens is 320 g/mol. The Morgan fingerprint density at radius 1 is 1.08 bits per heavy atom. The van der Waals surface area contributed by atoms with Gasteiger partial charge in [0.2, 0.25) is 11.7 Å². The summed E-state index contributed by atoms with van der Waals surface area (Å²) in [7, 11) is 1.91. The van der Waals surface area contributed by atoms with Crippen LogP contribution in [0.5, 0.6) is 0 Å². The standard InChI is InChI=1S/C23H29N2O/c1-18(20-13-9-6-10-14-20)15-16-25-21(17-19-11-7-5-8-12-19)22(26)24(4)23(25,2)3/h5-14,16,18,21H,15,17H2,1-4H3/q+1/b25-16+/t18-,21-/m0/s1. The highest BCUT2D eigenvalue weighted by atomic mass is 16.2. The van der Waals surface area contributed by atoms with Gasteiger partial charge >= 0.3 is 0 Å². The van der Waals surface area contributed by atoms with Gasteiger partial charge in [-0.1, -0.05) is 67.6 Å². The van der Waals surface area contributed by atoms with Gasteiger partial charge in [0.1, 0.15) is 6.21 Å². The van der Waals surface area contributed by atoms with Crippen LogP contribution in [0, 0.1) is 0 Å². The molecule has 1 aliphatic heterocycles. The summed E-state index contributed by atoms with van der Waals surface area (Å²) in [4.78, 5) is 14.8. The second-order valence-electron chi connectivity index (χ2n) is 7.73. The summed E-state index contributed by atoms with van der Waals surface area (Å²) in [6.07, 6.45) is 3.90. The van der Waals surface area contributed by atoms with E-state index in [1.807, 2.05) is 36.2 Å². The Morgan fingerprint density at radius 3 is 2.27 bits per heavy atom. The Labute approximate surface area is 157 Å². The van der Waals surface area contributed by atoms with E-state index in [0.29, 0.717) is 5.92 Å². The Balaban J connectivity index is 1.86. The molecule has 3 rings (SSSR count). The van der Waals surface area contributed by atoms with Crippen molar-refractivity contribution in [2.75, 3.05) is 7.05 Å². The Kier molecular flexibility index (Phi) is 5.26. The van der Waals surface area contributed by atoms with Gasteiger partial charge in [-0.2, -0.15) is 0 Å². The summed E-state index contributed by atoms with van der Waals surface area (Å²) in [6, 6.07) is 20.7. The molecule has 0 bridgehead atoms. The SMILES string of the molecule is C[C@@H](C/C=[N+]1\[C@@H](Cc2ccccc2)C(=O)N(C)C1(C)C)c1ccccc1. The maximum Gasteiger partial charge on any atom is 0.296 e. The van der Waals surface area contributed by atoms with Crippen LogP contribution in [0.2, 0.25) is 0 Å². The zero-order valence-electron chi connectivity index (χ0n) is 16.2. The lowest BCUT2D eigenvalue weighted by Crippen LogP contribution is -2.43. The highest BCUT2D eigenvalue weighted by Crippen LogP contribution is 2.28. The summed E-state index contributed by atoms with van der Waals surface area (Å²) < 4.78 is 2.27. The number of likely N-dealkylation sites (N-methyl/N-ethyl adjacent to an activating group) is 1. The number of rotatable bonds is 5. The zero-order valence-corrected chi connectivity index (χ0v) is 16.2. The first kappa shape index (κ1) is 18.4. The average Bonchev–Trinajstić information content (AvgIpc) is 2.81. The van der Waals surface area contributed by atoms with Crippen molar-refractivity contribution in [1.29, 1.82) is 0 Å². The molecule has 136 valence electrons. The molecule has 1 aliphatic rings. The van der Waals surface area contributed by atoms with Gasteiger partial charge in [-0.15, -0.1) is 0 Å². The molecule has 3 nitrogen and oxygen atoms in total. The topological polar surface area (TPSA) is 23.3 Å². The van der Waals surface area contributed by atoms with E-state index in [1.54, 1.807) is 0 Å². The van der Waals surface area contributed by atoms with Gasteiger partial charge in [-0.3, -0.25) is 9.69 Å². The summed E-state index contributed by atoms with van der Waals surface area (Å²) in [5.41, 5.74) is 2.22. The number of benzene rings is 2. The molecule has 1 fully saturated rings. The van der Waals surface area contributed by atoms with E-state index in [1.165, 1.54) is 11.1 Å². The van der Waals surface area contributed by atoms with E-state index in [9.17, 15) is 4.79 Å². The van der Waals surface area contributed by atoms with Crippen LogP contribution < -0.4 is 0 Å². The van der Waals surface area contributed by atoms with Crippen molar-refractivity contribution in [3.05, 3.63) is 71.8 Å². The highest BCUT2D eigenvalue weighted by Gasteiger charge is 2.54. The molecule has 0 aliphatic carbocycles. The van der Waals surface area contributed by atoms with Crippen molar-refractivity contribution in [1.82, 2.24) is 4.90 Å². The number of hydrogen-bond donors (Lipinski definition) is 0. The first-order valence-corrected chi connectivity index (χ1v) is 9.39. The van der Waals surface area contributed by atoms with E-state index in [4.69, 9.17) is 0 Å². The number of nitrogens with zero attached hydrogens (tertiary/aromatic N) is 2. The van der Waals surface area contributed by atoms with E-state index in [2.05, 4.69) is 68.0 Å². The minimum absolute atomic E-state index is 0.139.